The second kappa shape index (κ2) is 7.88. The number of carbonyl (C=O) groups excluding carboxylic acids is 2. The van der Waals surface area contributed by atoms with E-state index in [0.717, 1.165) is 17.6 Å². The number of ether oxygens (including phenoxy) is 1. The van der Waals surface area contributed by atoms with Gasteiger partial charge in [-0.1, -0.05) is 32.9 Å². The molecule has 0 saturated heterocycles. The molecular weight excluding hydrogens is 344 g/mol. The maximum absolute atomic E-state index is 12.3. The number of aryl methyl sites for hydroxylation is 1. The van der Waals surface area contributed by atoms with Crippen LogP contribution in [0.4, 0.5) is 0 Å². The summed E-state index contributed by atoms with van der Waals surface area (Å²) in [6, 6.07) is 7.34. The third-order valence-electron chi connectivity index (χ3n) is 5.44. The van der Waals surface area contributed by atoms with Crippen molar-refractivity contribution >= 4 is 20.1 Å². The fraction of sp³-hybridized carbons (Fsp3) is 0.524. The molecule has 2 rings (SSSR count). The van der Waals surface area contributed by atoms with E-state index >= 15 is 0 Å². The van der Waals surface area contributed by atoms with E-state index in [1.807, 2.05) is 18.2 Å². The highest BCUT2D eigenvalue weighted by atomic mass is 28.4. The average molecular weight is 375 g/mol. The topological polar surface area (TPSA) is 52.6 Å². The van der Waals surface area contributed by atoms with Crippen LogP contribution < -0.4 is 0 Å². The van der Waals surface area contributed by atoms with E-state index in [1.165, 1.54) is 7.11 Å². The first-order valence-corrected chi connectivity index (χ1v) is 12.0. The number of allylic oxidation sites excluding steroid dienone is 1. The van der Waals surface area contributed by atoms with Gasteiger partial charge in [0, 0.05) is 6.42 Å². The molecule has 1 aromatic carbocycles. The number of rotatable bonds is 6. The second-order valence-corrected chi connectivity index (χ2v) is 13.2. The molecule has 0 unspecified atom stereocenters. The predicted molar refractivity (Wildman–Crippen MR) is 106 cm³/mol. The lowest BCUT2D eigenvalue weighted by molar-refractivity contribution is -0.115. The molecule has 0 bridgehead atoms. The third kappa shape index (κ3) is 4.92. The zero-order valence-electron chi connectivity index (χ0n) is 16.7. The smallest absolute Gasteiger partial charge is 0.337 e. The number of carbonyl (C=O) groups is 2. The molecule has 0 aliphatic heterocycles. The molecule has 0 N–H and O–H groups in total. The number of ketones is 1. The molecule has 1 atom stereocenters. The Hall–Kier alpha value is -1.72. The molecule has 0 aromatic heterocycles. The van der Waals surface area contributed by atoms with E-state index in [9.17, 15) is 9.59 Å². The van der Waals surface area contributed by atoms with Crippen molar-refractivity contribution in [1.29, 1.82) is 0 Å². The Morgan fingerprint density at radius 3 is 2.31 bits per heavy atom. The van der Waals surface area contributed by atoms with Crippen molar-refractivity contribution < 1.29 is 18.8 Å². The summed E-state index contributed by atoms with van der Waals surface area (Å²) in [6.07, 6.45) is 3.87. The highest BCUT2D eigenvalue weighted by molar-refractivity contribution is 6.74. The zero-order chi connectivity index (χ0) is 19.5. The van der Waals surface area contributed by atoms with Gasteiger partial charge >= 0.3 is 5.97 Å². The summed E-state index contributed by atoms with van der Waals surface area (Å²) in [6.45, 7) is 11.0. The minimum absolute atomic E-state index is 0.0832. The van der Waals surface area contributed by atoms with Crippen LogP contribution in [-0.4, -0.2) is 33.3 Å². The van der Waals surface area contributed by atoms with Crippen molar-refractivity contribution in [2.24, 2.45) is 0 Å². The maximum atomic E-state index is 12.3. The molecule has 1 aromatic rings. The molecule has 0 heterocycles. The van der Waals surface area contributed by atoms with E-state index in [-0.39, 0.29) is 22.9 Å². The second-order valence-electron chi connectivity index (χ2n) is 8.42. The van der Waals surface area contributed by atoms with Crippen LogP contribution in [0.3, 0.4) is 0 Å². The van der Waals surface area contributed by atoms with E-state index in [1.54, 1.807) is 12.1 Å². The Balaban J connectivity index is 1.97. The van der Waals surface area contributed by atoms with Gasteiger partial charge in [-0.2, -0.15) is 0 Å². The number of hydrogen-bond acceptors (Lipinski definition) is 4. The molecule has 0 amide bonds. The summed E-state index contributed by atoms with van der Waals surface area (Å²) in [5, 5.41) is 0.133. The van der Waals surface area contributed by atoms with Gasteiger partial charge in [0.15, 0.2) is 14.1 Å². The van der Waals surface area contributed by atoms with Crippen LogP contribution in [0.2, 0.25) is 18.1 Å². The van der Waals surface area contributed by atoms with Crippen molar-refractivity contribution in [3.63, 3.8) is 0 Å². The Morgan fingerprint density at radius 1 is 1.15 bits per heavy atom. The third-order valence-corrected chi connectivity index (χ3v) is 9.95. The molecule has 142 valence electrons. The van der Waals surface area contributed by atoms with E-state index < -0.39 is 8.32 Å². The van der Waals surface area contributed by atoms with Crippen molar-refractivity contribution in [1.82, 2.24) is 0 Å². The number of benzene rings is 1. The van der Waals surface area contributed by atoms with E-state index in [0.29, 0.717) is 18.4 Å². The Labute approximate surface area is 157 Å². The van der Waals surface area contributed by atoms with Crippen molar-refractivity contribution in [2.45, 2.75) is 64.3 Å². The largest absolute Gasteiger partial charge is 0.465 e. The van der Waals surface area contributed by atoms with Gasteiger partial charge in [-0.25, -0.2) is 4.79 Å². The van der Waals surface area contributed by atoms with Crippen molar-refractivity contribution in [2.75, 3.05) is 7.11 Å². The Morgan fingerprint density at radius 2 is 1.77 bits per heavy atom. The number of hydrogen-bond donors (Lipinski definition) is 0. The normalized spacial score (nSPS) is 18.0. The van der Waals surface area contributed by atoms with Gasteiger partial charge in [0.2, 0.25) is 0 Å². The van der Waals surface area contributed by atoms with Gasteiger partial charge in [0.1, 0.15) is 0 Å². The van der Waals surface area contributed by atoms with Crippen LogP contribution in [0.15, 0.2) is 35.9 Å². The van der Waals surface area contributed by atoms with Crippen LogP contribution in [0.5, 0.6) is 0 Å². The van der Waals surface area contributed by atoms with Crippen LogP contribution in [0.1, 0.15) is 49.5 Å². The van der Waals surface area contributed by atoms with Crippen LogP contribution in [-0.2, 0) is 20.4 Å². The van der Waals surface area contributed by atoms with Crippen LogP contribution >= 0.6 is 0 Å². The lowest BCUT2D eigenvalue weighted by Gasteiger charge is -2.37. The molecule has 0 fully saturated rings. The molecule has 0 radical (unpaired) electrons. The van der Waals surface area contributed by atoms with Gasteiger partial charge in [-0.05, 0) is 60.3 Å². The number of esters is 1. The van der Waals surface area contributed by atoms with Gasteiger partial charge in [0.25, 0.3) is 0 Å². The molecule has 1 aliphatic rings. The fourth-order valence-electron chi connectivity index (χ4n) is 2.75. The predicted octanol–water partition coefficient (Wildman–Crippen LogP) is 4.70. The summed E-state index contributed by atoms with van der Waals surface area (Å²) in [5.74, 6) is -0.143. The Kier molecular flexibility index (Phi) is 6.24. The molecule has 1 aliphatic carbocycles. The number of methoxy groups -OCH3 is 1. The highest BCUT2D eigenvalue weighted by Crippen LogP contribution is 2.39. The molecular formula is C21H30O4Si. The average Bonchev–Trinajstić information content (AvgIpc) is 2.90. The van der Waals surface area contributed by atoms with Crippen molar-refractivity contribution in [3.05, 3.63) is 47.0 Å². The summed E-state index contributed by atoms with van der Waals surface area (Å²) in [4.78, 5) is 23.8. The summed E-state index contributed by atoms with van der Waals surface area (Å²) in [5.41, 5.74) is 2.50. The zero-order valence-corrected chi connectivity index (χ0v) is 17.7. The minimum atomic E-state index is -1.88. The number of Topliss-reactive ketones (excluding diaryl/α,β-unsaturated/α-hetero) is 1. The van der Waals surface area contributed by atoms with Crippen LogP contribution in [0.25, 0.3) is 0 Å². The summed E-state index contributed by atoms with van der Waals surface area (Å²) in [7, 11) is -0.506. The SMILES string of the molecule is COC(=O)c1ccc(CCC2=C[C@H](O[Si](C)(C)C(C)(C)C)CC2=O)cc1. The first kappa shape index (κ1) is 20.6. The monoisotopic (exact) mass is 374 g/mol. The molecule has 26 heavy (non-hydrogen) atoms. The van der Waals surface area contributed by atoms with E-state index in [2.05, 4.69) is 33.9 Å². The Bertz CT molecular complexity index is 696. The van der Waals surface area contributed by atoms with Crippen molar-refractivity contribution in [3.8, 4) is 0 Å². The first-order valence-electron chi connectivity index (χ1n) is 9.12. The molecule has 4 nitrogen and oxygen atoms in total. The standard InChI is InChI=1S/C21H30O4Si/c1-21(2,3)26(5,6)25-18-13-17(19(22)14-18)12-9-15-7-10-16(11-8-15)20(23)24-4/h7-8,10-11,13,18H,9,12,14H2,1-6H3/t18-/m0/s1. The highest BCUT2D eigenvalue weighted by Gasteiger charge is 2.40. The van der Waals surface area contributed by atoms with Gasteiger partial charge < -0.3 is 9.16 Å². The van der Waals surface area contributed by atoms with Gasteiger partial charge in [0.05, 0.1) is 18.8 Å². The molecule has 5 heteroatoms. The lowest BCUT2D eigenvalue weighted by Crippen LogP contribution is -2.43. The summed E-state index contributed by atoms with van der Waals surface area (Å²) < 4.78 is 11.1. The summed E-state index contributed by atoms with van der Waals surface area (Å²) >= 11 is 0. The molecule has 0 spiro atoms. The lowest BCUT2D eigenvalue weighted by atomic mass is 10.0. The van der Waals surface area contributed by atoms with Gasteiger partial charge in [-0.3, -0.25) is 4.79 Å². The van der Waals surface area contributed by atoms with Crippen LogP contribution in [0, 0.1) is 0 Å². The minimum Gasteiger partial charge on any atom is -0.465 e. The molecule has 0 saturated carbocycles. The van der Waals surface area contributed by atoms with Gasteiger partial charge in [-0.15, -0.1) is 0 Å². The quantitative estimate of drug-likeness (QED) is 0.535. The van der Waals surface area contributed by atoms with E-state index in [4.69, 9.17) is 9.16 Å². The first-order chi connectivity index (χ1) is 12.0. The fourth-order valence-corrected chi connectivity index (χ4v) is 4.01. The maximum Gasteiger partial charge on any atom is 0.337 e.